The third-order valence-electron chi connectivity index (χ3n) is 2.93. The maximum atomic E-state index is 5.88. The highest BCUT2D eigenvalue weighted by Crippen LogP contribution is 2.13. The van der Waals surface area contributed by atoms with E-state index in [0.717, 1.165) is 37.0 Å². The van der Waals surface area contributed by atoms with Crippen molar-refractivity contribution in [3.63, 3.8) is 0 Å². The number of benzene rings is 1. The molecule has 1 atom stereocenters. The monoisotopic (exact) mass is 309 g/mol. The molecule has 0 spiro atoms. The number of nitrogens with one attached hydrogen (secondary N) is 2. The molecule has 0 amide bonds. The zero-order valence-electron chi connectivity index (χ0n) is 13.5. The molecule has 118 valence electrons. The van der Waals surface area contributed by atoms with E-state index in [1.54, 1.807) is 7.05 Å². The quantitative estimate of drug-likeness (QED) is 0.440. The summed E-state index contributed by atoms with van der Waals surface area (Å²) >= 11 is 1.86. The molecule has 0 aliphatic carbocycles. The number of ether oxygens (including phenoxy) is 1. The van der Waals surface area contributed by atoms with Crippen LogP contribution in [0.25, 0.3) is 0 Å². The summed E-state index contributed by atoms with van der Waals surface area (Å²) in [4.78, 5) is 4.21. The van der Waals surface area contributed by atoms with Crippen LogP contribution in [0.3, 0.4) is 0 Å². The van der Waals surface area contributed by atoms with Crippen LogP contribution in [0, 0.1) is 6.92 Å². The van der Waals surface area contributed by atoms with Crippen molar-refractivity contribution < 1.29 is 4.74 Å². The van der Waals surface area contributed by atoms with Crippen molar-refractivity contribution in [2.24, 2.45) is 4.99 Å². The van der Waals surface area contributed by atoms with E-state index in [9.17, 15) is 0 Å². The molecule has 0 bridgehead atoms. The van der Waals surface area contributed by atoms with Gasteiger partial charge in [0.2, 0.25) is 0 Å². The first kappa shape index (κ1) is 17.7. The van der Waals surface area contributed by atoms with Crippen molar-refractivity contribution in [3.8, 4) is 5.75 Å². The smallest absolute Gasteiger partial charge is 0.191 e. The van der Waals surface area contributed by atoms with E-state index < -0.39 is 0 Å². The van der Waals surface area contributed by atoms with Crippen molar-refractivity contribution in [2.45, 2.75) is 26.4 Å². The Morgan fingerprint density at radius 1 is 1.38 bits per heavy atom. The summed E-state index contributed by atoms with van der Waals surface area (Å²) in [6.45, 7) is 5.77. The van der Waals surface area contributed by atoms with Crippen molar-refractivity contribution >= 4 is 17.7 Å². The van der Waals surface area contributed by atoms with Crippen LogP contribution >= 0.6 is 11.8 Å². The van der Waals surface area contributed by atoms with Gasteiger partial charge in [-0.05, 0) is 50.0 Å². The molecule has 5 heteroatoms. The summed E-state index contributed by atoms with van der Waals surface area (Å²) < 4.78 is 5.88. The van der Waals surface area contributed by atoms with E-state index in [2.05, 4.69) is 41.8 Å². The number of guanidine groups is 1. The molecule has 0 radical (unpaired) electrons. The van der Waals surface area contributed by atoms with Gasteiger partial charge >= 0.3 is 0 Å². The number of thioether (sulfide) groups is 1. The van der Waals surface area contributed by atoms with Crippen LogP contribution in [-0.4, -0.2) is 44.2 Å². The lowest BCUT2D eigenvalue weighted by atomic mass is 10.2. The Kier molecular flexibility index (Phi) is 8.74. The minimum absolute atomic E-state index is 0.0801. The predicted molar refractivity (Wildman–Crippen MR) is 93.6 cm³/mol. The molecule has 0 saturated carbocycles. The minimum Gasteiger partial charge on any atom is -0.489 e. The highest BCUT2D eigenvalue weighted by molar-refractivity contribution is 7.98. The molecular weight excluding hydrogens is 282 g/mol. The van der Waals surface area contributed by atoms with Gasteiger partial charge in [0.05, 0.1) is 6.54 Å². The number of aryl methyl sites for hydroxylation is 1. The maximum Gasteiger partial charge on any atom is 0.191 e. The molecule has 0 saturated heterocycles. The molecule has 0 aliphatic rings. The van der Waals surface area contributed by atoms with Gasteiger partial charge in [-0.25, -0.2) is 0 Å². The second-order valence-electron chi connectivity index (χ2n) is 4.97. The zero-order valence-corrected chi connectivity index (χ0v) is 14.3. The number of rotatable bonds is 8. The van der Waals surface area contributed by atoms with E-state index >= 15 is 0 Å². The molecule has 0 heterocycles. The van der Waals surface area contributed by atoms with Crippen molar-refractivity contribution in [1.82, 2.24) is 10.6 Å². The molecule has 0 fully saturated rings. The first-order chi connectivity index (χ1) is 10.2. The predicted octanol–water partition coefficient (Wildman–Crippen LogP) is 2.68. The molecule has 0 aliphatic heterocycles. The van der Waals surface area contributed by atoms with Gasteiger partial charge in [-0.3, -0.25) is 4.99 Å². The Morgan fingerprint density at radius 2 is 2.19 bits per heavy atom. The van der Waals surface area contributed by atoms with Gasteiger partial charge in [-0.15, -0.1) is 0 Å². The minimum atomic E-state index is 0.0801. The number of nitrogens with zero attached hydrogens (tertiary/aromatic N) is 1. The fourth-order valence-electron chi connectivity index (χ4n) is 1.85. The van der Waals surface area contributed by atoms with Crippen molar-refractivity contribution in [1.29, 1.82) is 0 Å². The third kappa shape index (κ3) is 7.85. The van der Waals surface area contributed by atoms with Crippen molar-refractivity contribution in [3.05, 3.63) is 29.8 Å². The molecular formula is C16H27N3OS. The Labute approximate surface area is 132 Å². The van der Waals surface area contributed by atoms with Gasteiger partial charge in [0.15, 0.2) is 5.96 Å². The van der Waals surface area contributed by atoms with Crippen LogP contribution in [-0.2, 0) is 0 Å². The second kappa shape index (κ2) is 10.4. The fourth-order valence-corrected chi connectivity index (χ4v) is 2.28. The summed E-state index contributed by atoms with van der Waals surface area (Å²) in [6, 6.07) is 8.11. The lowest BCUT2D eigenvalue weighted by Crippen LogP contribution is -2.42. The molecule has 0 aromatic heterocycles. The van der Waals surface area contributed by atoms with E-state index in [-0.39, 0.29) is 6.10 Å². The summed E-state index contributed by atoms with van der Waals surface area (Å²) in [5.41, 5.74) is 1.21. The number of hydrogen-bond donors (Lipinski definition) is 2. The normalized spacial score (nSPS) is 12.9. The van der Waals surface area contributed by atoms with Gasteiger partial charge in [-0.1, -0.05) is 12.1 Å². The Bertz CT molecular complexity index is 437. The van der Waals surface area contributed by atoms with E-state index in [0.29, 0.717) is 0 Å². The van der Waals surface area contributed by atoms with Gasteiger partial charge < -0.3 is 15.4 Å². The third-order valence-corrected chi connectivity index (χ3v) is 3.62. The molecule has 21 heavy (non-hydrogen) atoms. The Hall–Kier alpha value is -1.36. The summed E-state index contributed by atoms with van der Waals surface area (Å²) in [6.07, 6.45) is 3.34. The van der Waals surface area contributed by atoms with Gasteiger partial charge in [0.1, 0.15) is 11.9 Å². The lowest BCUT2D eigenvalue weighted by molar-refractivity contribution is 0.223. The average Bonchev–Trinajstić information content (AvgIpc) is 2.46. The molecule has 1 aromatic carbocycles. The molecule has 2 N–H and O–H groups in total. The summed E-state index contributed by atoms with van der Waals surface area (Å²) in [7, 11) is 1.79. The highest BCUT2D eigenvalue weighted by atomic mass is 32.2. The first-order valence-electron chi connectivity index (χ1n) is 7.32. The average molecular weight is 309 g/mol. The lowest BCUT2D eigenvalue weighted by Gasteiger charge is -2.18. The molecule has 1 rings (SSSR count). The van der Waals surface area contributed by atoms with Gasteiger partial charge in [0, 0.05) is 13.6 Å². The number of hydrogen-bond acceptors (Lipinski definition) is 3. The van der Waals surface area contributed by atoms with Crippen LogP contribution in [0.5, 0.6) is 5.75 Å². The maximum absolute atomic E-state index is 5.88. The standard InChI is InChI=1S/C16H27N3OS/c1-13-7-5-8-15(11-13)20-14(2)12-19-16(17-3)18-9-6-10-21-4/h5,7-8,11,14H,6,9-10,12H2,1-4H3,(H2,17,18,19). The second-order valence-corrected chi connectivity index (χ2v) is 5.96. The zero-order chi connectivity index (χ0) is 15.5. The van der Waals surface area contributed by atoms with Crippen molar-refractivity contribution in [2.75, 3.05) is 32.1 Å². The summed E-state index contributed by atoms with van der Waals surface area (Å²) in [5, 5.41) is 6.59. The van der Waals surface area contributed by atoms with Gasteiger partial charge in [0.25, 0.3) is 0 Å². The van der Waals surface area contributed by atoms with E-state index in [1.807, 2.05) is 30.0 Å². The van der Waals surface area contributed by atoms with Crippen LogP contribution in [0.2, 0.25) is 0 Å². The van der Waals surface area contributed by atoms with Crippen LogP contribution in [0.15, 0.2) is 29.3 Å². The van der Waals surface area contributed by atoms with E-state index in [1.165, 1.54) is 5.56 Å². The summed E-state index contributed by atoms with van der Waals surface area (Å²) in [5.74, 6) is 2.90. The molecule has 1 unspecified atom stereocenters. The highest BCUT2D eigenvalue weighted by Gasteiger charge is 2.05. The molecule has 1 aromatic rings. The topological polar surface area (TPSA) is 45.7 Å². The van der Waals surface area contributed by atoms with Gasteiger partial charge in [-0.2, -0.15) is 11.8 Å². The van der Waals surface area contributed by atoms with E-state index in [4.69, 9.17) is 4.74 Å². The Balaban J connectivity index is 2.29. The molecule has 4 nitrogen and oxygen atoms in total. The van der Waals surface area contributed by atoms with Crippen LogP contribution in [0.1, 0.15) is 18.9 Å². The number of aliphatic imine (C=N–C) groups is 1. The largest absolute Gasteiger partial charge is 0.489 e. The Morgan fingerprint density at radius 3 is 2.86 bits per heavy atom. The van der Waals surface area contributed by atoms with Crippen LogP contribution < -0.4 is 15.4 Å². The SMILES string of the molecule is CN=C(NCCCSC)NCC(C)Oc1cccc(C)c1. The fraction of sp³-hybridized carbons (Fsp3) is 0.562. The van der Waals surface area contributed by atoms with Crippen LogP contribution in [0.4, 0.5) is 0 Å². The first-order valence-corrected chi connectivity index (χ1v) is 8.72.